The lowest BCUT2D eigenvalue weighted by Crippen LogP contribution is -2.57. The van der Waals surface area contributed by atoms with E-state index in [0.29, 0.717) is 6.54 Å². The summed E-state index contributed by atoms with van der Waals surface area (Å²) in [4.78, 5) is 0. The molecular weight excluding hydrogens is 238 g/mol. The minimum absolute atomic E-state index is 0.195. The molecule has 0 aromatic carbocycles. The largest absolute Gasteiger partial charge is 0.343 e. The number of hydrogen-bond donors (Lipinski definition) is 1. The van der Waals surface area contributed by atoms with Gasteiger partial charge in [-0.25, -0.2) is 0 Å². The molecule has 0 spiro atoms. The number of rotatable bonds is 1. The van der Waals surface area contributed by atoms with Gasteiger partial charge in [0.15, 0.2) is 17.9 Å². The van der Waals surface area contributed by atoms with Gasteiger partial charge >= 0.3 is 0 Å². The van der Waals surface area contributed by atoms with Crippen molar-refractivity contribution in [2.24, 2.45) is 5.73 Å². The van der Waals surface area contributed by atoms with Crippen LogP contribution in [0.2, 0.25) is 0 Å². The van der Waals surface area contributed by atoms with Crippen LogP contribution in [-0.2, 0) is 23.7 Å². The van der Waals surface area contributed by atoms with Gasteiger partial charge in [0.05, 0.1) is 0 Å². The van der Waals surface area contributed by atoms with Gasteiger partial charge < -0.3 is 29.4 Å². The summed E-state index contributed by atoms with van der Waals surface area (Å²) in [6.45, 7) is 7.88. The van der Waals surface area contributed by atoms with Crippen LogP contribution < -0.4 is 5.73 Å². The third-order valence-electron chi connectivity index (χ3n) is 3.48. The van der Waals surface area contributed by atoms with E-state index in [0.717, 1.165) is 0 Å². The molecule has 0 saturated carbocycles. The third kappa shape index (κ3) is 1.97. The highest BCUT2D eigenvalue weighted by atomic mass is 16.9. The van der Waals surface area contributed by atoms with E-state index < -0.39 is 17.9 Å². The van der Waals surface area contributed by atoms with Gasteiger partial charge in [0.2, 0.25) is 0 Å². The van der Waals surface area contributed by atoms with Gasteiger partial charge in [-0.3, -0.25) is 0 Å². The lowest BCUT2D eigenvalue weighted by molar-refractivity contribution is -0.341. The van der Waals surface area contributed by atoms with Gasteiger partial charge in [-0.2, -0.15) is 0 Å². The average molecular weight is 259 g/mol. The standard InChI is InChI=1S/C12H21NO5/c1-11(2)15-6(5-13)7-8(16-11)9-10(14-7)18-12(3,4)17-9/h6-10H,5,13H2,1-4H3/t6?,7-,8?,9?,10-/m1/s1. The molecule has 0 bridgehead atoms. The normalized spacial score (nSPS) is 48.8. The van der Waals surface area contributed by atoms with Crippen LogP contribution in [0, 0.1) is 0 Å². The number of nitrogens with two attached hydrogens (primary N) is 1. The van der Waals surface area contributed by atoms with Crippen LogP contribution in [0.4, 0.5) is 0 Å². The zero-order valence-corrected chi connectivity index (χ0v) is 11.2. The van der Waals surface area contributed by atoms with Gasteiger partial charge in [0.25, 0.3) is 0 Å². The van der Waals surface area contributed by atoms with Crippen molar-refractivity contribution in [1.29, 1.82) is 0 Å². The number of hydrogen-bond acceptors (Lipinski definition) is 6. The molecule has 3 saturated heterocycles. The summed E-state index contributed by atoms with van der Waals surface area (Å²) >= 11 is 0. The van der Waals surface area contributed by atoms with E-state index in [-0.39, 0.29) is 24.4 Å². The van der Waals surface area contributed by atoms with E-state index in [1.807, 2.05) is 27.7 Å². The first-order valence-electron chi connectivity index (χ1n) is 6.38. The molecule has 3 fully saturated rings. The number of fused-ring (bicyclic) bond motifs is 3. The summed E-state index contributed by atoms with van der Waals surface area (Å²) in [5.74, 6) is -1.32. The quantitative estimate of drug-likeness (QED) is 0.732. The monoisotopic (exact) mass is 259 g/mol. The molecule has 0 aromatic rings. The van der Waals surface area contributed by atoms with Crippen molar-refractivity contribution >= 4 is 0 Å². The molecule has 3 rings (SSSR count). The average Bonchev–Trinajstić information content (AvgIpc) is 2.69. The van der Waals surface area contributed by atoms with Crippen molar-refractivity contribution in [3.05, 3.63) is 0 Å². The first-order chi connectivity index (χ1) is 8.31. The molecule has 3 aliphatic heterocycles. The Bertz CT molecular complexity index is 345. The predicted molar refractivity (Wildman–Crippen MR) is 61.6 cm³/mol. The first kappa shape index (κ1) is 12.8. The number of ether oxygens (including phenoxy) is 5. The van der Waals surface area contributed by atoms with Crippen LogP contribution in [0.1, 0.15) is 27.7 Å². The van der Waals surface area contributed by atoms with Crippen LogP contribution >= 0.6 is 0 Å². The molecule has 3 aliphatic rings. The summed E-state index contributed by atoms with van der Waals surface area (Å²) in [5, 5.41) is 0. The van der Waals surface area contributed by atoms with E-state index in [2.05, 4.69) is 0 Å². The zero-order chi connectivity index (χ0) is 13.1. The van der Waals surface area contributed by atoms with E-state index in [4.69, 9.17) is 29.4 Å². The Balaban J connectivity index is 1.83. The fraction of sp³-hybridized carbons (Fsp3) is 1.00. The summed E-state index contributed by atoms with van der Waals surface area (Å²) in [7, 11) is 0. The lowest BCUT2D eigenvalue weighted by atomic mass is 10.0. The molecule has 6 heteroatoms. The molecule has 0 aromatic heterocycles. The molecule has 0 aliphatic carbocycles. The first-order valence-corrected chi connectivity index (χ1v) is 6.38. The van der Waals surface area contributed by atoms with Gasteiger partial charge in [0.1, 0.15) is 24.4 Å². The Morgan fingerprint density at radius 1 is 0.833 bits per heavy atom. The third-order valence-corrected chi connectivity index (χ3v) is 3.48. The summed E-state index contributed by atoms with van der Waals surface area (Å²) in [6.07, 6.45) is -1.24. The summed E-state index contributed by atoms with van der Waals surface area (Å²) in [6, 6.07) is 0. The molecule has 5 atom stereocenters. The molecular formula is C12H21NO5. The van der Waals surface area contributed by atoms with Gasteiger partial charge in [-0.05, 0) is 27.7 Å². The van der Waals surface area contributed by atoms with Crippen LogP contribution in [0.25, 0.3) is 0 Å². The Hall–Kier alpha value is -0.240. The second kappa shape index (κ2) is 3.88. The maximum Gasteiger partial charge on any atom is 0.190 e. The van der Waals surface area contributed by atoms with E-state index >= 15 is 0 Å². The van der Waals surface area contributed by atoms with Gasteiger partial charge in [0, 0.05) is 6.54 Å². The highest BCUT2D eigenvalue weighted by molar-refractivity contribution is 5.00. The van der Waals surface area contributed by atoms with Crippen molar-refractivity contribution in [2.75, 3.05) is 6.54 Å². The molecule has 18 heavy (non-hydrogen) atoms. The summed E-state index contributed by atoms with van der Waals surface area (Å²) in [5.41, 5.74) is 5.74. The smallest absolute Gasteiger partial charge is 0.190 e. The van der Waals surface area contributed by atoms with Crippen LogP contribution in [0.5, 0.6) is 0 Å². The highest BCUT2D eigenvalue weighted by Crippen LogP contribution is 2.44. The van der Waals surface area contributed by atoms with Gasteiger partial charge in [-0.15, -0.1) is 0 Å². The fourth-order valence-corrected chi connectivity index (χ4v) is 2.91. The SMILES string of the molecule is CC1(C)OC(CN)[C@H]2O[C@@H]3OC(C)(C)OC3C2O1. The highest BCUT2D eigenvalue weighted by Gasteiger charge is 2.60. The molecule has 0 amide bonds. The lowest BCUT2D eigenvalue weighted by Gasteiger charge is -2.43. The summed E-state index contributed by atoms with van der Waals surface area (Å²) < 4.78 is 29.1. The maximum atomic E-state index is 5.93. The molecule has 3 heterocycles. The van der Waals surface area contributed by atoms with Crippen molar-refractivity contribution in [3.8, 4) is 0 Å². The molecule has 104 valence electrons. The van der Waals surface area contributed by atoms with Crippen LogP contribution in [0.3, 0.4) is 0 Å². The maximum absolute atomic E-state index is 5.93. The molecule has 6 nitrogen and oxygen atoms in total. The second-order valence-corrected chi connectivity index (χ2v) is 5.94. The Kier molecular flexibility index (Phi) is 2.75. The van der Waals surface area contributed by atoms with E-state index in [9.17, 15) is 0 Å². The topological polar surface area (TPSA) is 72.2 Å². The van der Waals surface area contributed by atoms with E-state index in [1.165, 1.54) is 0 Å². The molecule has 0 radical (unpaired) electrons. The minimum atomic E-state index is -0.681. The molecule has 3 unspecified atom stereocenters. The van der Waals surface area contributed by atoms with Crippen LogP contribution in [-0.4, -0.2) is 48.8 Å². The van der Waals surface area contributed by atoms with Crippen molar-refractivity contribution in [2.45, 2.75) is 70.0 Å². The Labute approximate surface area is 107 Å². The van der Waals surface area contributed by atoms with Gasteiger partial charge in [-0.1, -0.05) is 0 Å². The van der Waals surface area contributed by atoms with Crippen molar-refractivity contribution in [3.63, 3.8) is 0 Å². The van der Waals surface area contributed by atoms with Crippen molar-refractivity contribution < 1.29 is 23.7 Å². The van der Waals surface area contributed by atoms with Crippen molar-refractivity contribution in [1.82, 2.24) is 0 Å². The Morgan fingerprint density at radius 2 is 1.44 bits per heavy atom. The van der Waals surface area contributed by atoms with Crippen LogP contribution in [0.15, 0.2) is 0 Å². The van der Waals surface area contributed by atoms with E-state index in [1.54, 1.807) is 0 Å². The zero-order valence-electron chi connectivity index (χ0n) is 11.2. The second-order valence-electron chi connectivity index (χ2n) is 5.94. The fourth-order valence-electron chi connectivity index (χ4n) is 2.91. The minimum Gasteiger partial charge on any atom is -0.343 e. The predicted octanol–water partition coefficient (Wildman–Crippen LogP) is 0.342. The Morgan fingerprint density at radius 3 is 2.11 bits per heavy atom. The molecule has 2 N–H and O–H groups in total.